The third-order valence-electron chi connectivity index (χ3n) is 4.91. The molecule has 0 atom stereocenters. The van der Waals surface area contributed by atoms with Crippen molar-refractivity contribution in [3.05, 3.63) is 0 Å². The molecule has 1 aliphatic heterocycles. The van der Waals surface area contributed by atoms with Crippen molar-refractivity contribution < 1.29 is 9.59 Å². The second-order valence-electron chi connectivity index (χ2n) is 6.58. The van der Waals surface area contributed by atoms with Gasteiger partial charge >= 0.3 is 0 Å². The Morgan fingerprint density at radius 2 is 1.52 bits per heavy atom. The number of amides is 2. The standard InChI is InChI=1S/C17H30N2O2/c1-2-11-18-16(20)14-7-9-15(10-8-14)17(21)19-12-5-3-4-6-13-19/h14-15H,2-13H2,1H3,(H,18,20). The maximum atomic E-state index is 12.6. The highest BCUT2D eigenvalue weighted by Crippen LogP contribution is 2.30. The number of rotatable bonds is 4. The maximum absolute atomic E-state index is 12.6. The lowest BCUT2D eigenvalue weighted by Gasteiger charge is -2.31. The lowest BCUT2D eigenvalue weighted by atomic mass is 9.81. The van der Waals surface area contributed by atoms with Crippen LogP contribution in [0.15, 0.2) is 0 Å². The van der Waals surface area contributed by atoms with Gasteiger partial charge in [0, 0.05) is 31.5 Å². The molecule has 120 valence electrons. The second kappa shape index (κ2) is 8.40. The lowest BCUT2D eigenvalue weighted by molar-refractivity contribution is -0.138. The van der Waals surface area contributed by atoms with E-state index < -0.39 is 0 Å². The van der Waals surface area contributed by atoms with Gasteiger partial charge in [0.05, 0.1) is 0 Å². The van der Waals surface area contributed by atoms with Gasteiger partial charge in [-0.1, -0.05) is 19.8 Å². The summed E-state index contributed by atoms with van der Waals surface area (Å²) in [6, 6.07) is 0. The molecule has 2 fully saturated rings. The zero-order valence-electron chi connectivity index (χ0n) is 13.4. The first-order valence-electron chi connectivity index (χ1n) is 8.79. The van der Waals surface area contributed by atoms with Crippen molar-refractivity contribution >= 4 is 11.8 Å². The van der Waals surface area contributed by atoms with Gasteiger partial charge in [-0.15, -0.1) is 0 Å². The van der Waals surface area contributed by atoms with E-state index in [1.807, 2.05) is 0 Å². The molecule has 1 N–H and O–H groups in total. The summed E-state index contributed by atoms with van der Waals surface area (Å²) in [5.41, 5.74) is 0. The van der Waals surface area contributed by atoms with Gasteiger partial charge in [0.25, 0.3) is 0 Å². The molecule has 4 nitrogen and oxygen atoms in total. The largest absolute Gasteiger partial charge is 0.356 e. The summed E-state index contributed by atoms with van der Waals surface area (Å²) in [4.78, 5) is 26.6. The minimum atomic E-state index is 0.129. The molecule has 1 saturated carbocycles. The fourth-order valence-corrected chi connectivity index (χ4v) is 3.54. The van der Waals surface area contributed by atoms with Crippen LogP contribution in [-0.4, -0.2) is 36.3 Å². The smallest absolute Gasteiger partial charge is 0.225 e. The van der Waals surface area contributed by atoms with E-state index in [1.54, 1.807) is 0 Å². The van der Waals surface area contributed by atoms with Gasteiger partial charge in [-0.2, -0.15) is 0 Å². The predicted molar refractivity (Wildman–Crippen MR) is 83.8 cm³/mol. The molecule has 0 aromatic carbocycles. The summed E-state index contributed by atoms with van der Waals surface area (Å²) in [5, 5.41) is 2.98. The Morgan fingerprint density at radius 3 is 2.10 bits per heavy atom. The van der Waals surface area contributed by atoms with Gasteiger partial charge < -0.3 is 10.2 Å². The van der Waals surface area contributed by atoms with Crippen molar-refractivity contribution in [2.45, 2.75) is 64.7 Å². The van der Waals surface area contributed by atoms with Gasteiger partial charge in [0.2, 0.25) is 11.8 Å². The quantitative estimate of drug-likeness (QED) is 0.866. The van der Waals surface area contributed by atoms with E-state index >= 15 is 0 Å². The molecule has 2 rings (SSSR count). The minimum absolute atomic E-state index is 0.129. The predicted octanol–water partition coefficient (Wildman–Crippen LogP) is 2.72. The average molecular weight is 294 g/mol. The molecule has 1 aliphatic carbocycles. The van der Waals surface area contributed by atoms with Crippen molar-refractivity contribution in [2.24, 2.45) is 11.8 Å². The number of nitrogens with zero attached hydrogens (tertiary/aromatic N) is 1. The number of hydrogen-bond donors (Lipinski definition) is 1. The molecule has 0 aromatic rings. The molecule has 0 bridgehead atoms. The zero-order chi connectivity index (χ0) is 15.1. The molecule has 1 heterocycles. The lowest BCUT2D eigenvalue weighted by Crippen LogP contribution is -2.40. The molecular formula is C17H30N2O2. The van der Waals surface area contributed by atoms with Crippen LogP contribution >= 0.6 is 0 Å². The van der Waals surface area contributed by atoms with Crippen LogP contribution in [-0.2, 0) is 9.59 Å². The van der Waals surface area contributed by atoms with Crippen LogP contribution in [0.1, 0.15) is 64.7 Å². The fourth-order valence-electron chi connectivity index (χ4n) is 3.54. The molecule has 21 heavy (non-hydrogen) atoms. The summed E-state index contributed by atoms with van der Waals surface area (Å²) in [6.07, 6.45) is 9.33. The Kier molecular flexibility index (Phi) is 6.52. The Labute approximate surface area is 128 Å². The van der Waals surface area contributed by atoms with Crippen LogP contribution in [0.5, 0.6) is 0 Å². The highest BCUT2D eigenvalue weighted by atomic mass is 16.2. The number of carbonyl (C=O) groups is 2. The van der Waals surface area contributed by atoms with Crippen LogP contribution in [0, 0.1) is 11.8 Å². The van der Waals surface area contributed by atoms with E-state index in [2.05, 4.69) is 17.1 Å². The number of likely N-dealkylation sites (tertiary alicyclic amines) is 1. The van der Waals surface area contributed by atoms with E-state index in [0.29, 0.717) is 5.91 Å². The third kappa shape index (κ3) is 4.72. The van der Waals surface area contributed by atoms with E-state index in [9.17, 15) is 9.59 Å². The fraction of sp³-hybridized carbons (Fsp3) is 0.882. The van der Waals surface area contributed by atoms with Gasteiger partial charge in [-0.05, 0) is 44.9 Å². The molecule has 0 aromatic heterocycles. The topological polar surface area (TPSA) is 49.4 Å². The van der Waals surface area contributed by atoms with Gasteiger partial charge in [-0.25, -0.2) is 0 Å². The molecule has 2 aliphatic rings. The summed E-state index contributed by atoms with van der Waals surface area (Å²) >= 11 is 0. The van der Waals surface area contributed by atoms with E-state index in [0.717, 1.165) is 64.6 Å². The Morgan fingerprint density at radius 1 is 0.952 bits per heavy atom. The SMILES string of the molecule is CCCNC(=O)C1CCC(C(=O)N2CCCCCC2)CC1. The zero-order valence-corrected chi connectivity index (χ0v) is 13.4. The van der Waals surface area contributed by atoms with E-state index in [4.69, 9.17) is 0 Å². The van der Waals surface area contributed by atoms with Crippen molar-refractivity contribution in [3.63, 3.8) is 0 Å². The summed E-state index contributed by atoms with van der Waals surface area (Å²) in [7, 11) is 0. The first-order chi connectivity index (χ1) is 10.2. The third-order valence-corrected chi connectivity index (χ3v) is 4.91. The maximum Gasteiger partial charge on any atom is 0.225 e. The molecule has 0 radical (unpaired) electrons. The molecule has 1 saturated heterocycles. The Balaban J connectivity index is 1.77. The van der Waals surface area contributed by atoms with Crippen molar-refractivity contribution in [1.82, 2.24) is 10.2 Å². The summed E-state index contributed by atoms with van der Waals surface area (Å²) < 4.78 is 0. The minimum Gasteiger partial charge on any atom is -0.356 e. The number of hydrogen-bond acceptors (Lipinski definition) is 2. The number of nitrogens with one attached hydrogen (secondary N) is 1. The van der Waals surface area contributed by atoms with Crippen LogP contribution in [0.2, 0.25) is 0 Å². The van der Waals surface area contributed by atoms with E-state index in [1.165, 1.54) is 12.8 Å². The van der Waals surface area contributed by atoms with Crippen molar-refractivity contribution in [1.29, 1.82) is 0 Å². The molecule has 0 spiro atoms. The normalized spacial score (nSPS) is 27.0. The number of carbonyl (C=O) groups excluding carboxylic acids is 2. The van der Waals surface area contributed by atoms with Crippen molar-refractivity contribution in [3.8, 4) is 0 Å². The van der Waals surface area contributed by atoms with Gasteiger partial charge in [0.1, 0.15) is 0 Å². The van der Waals surface area contributed by atoms with E-state index in [-0.39, 0.29) is 17.7 Å². The first kappa shape index (κ1) is 16.3. The van der Waals surface area contributed by atoms with Crippen LogP contribution < -0.4 is 5.32 Å². The van der Waals surface area contributed by atoms with Gasteiger partial charge in [-0.3, -0.25) is 9.59 Å². The molecule has 4 heteroatoms. The van der Waals surface area contributed by atoms with Crippen LogP contribution in [0.25, 0.3) is 0 Å². The first-order valence-corrected chi connectivity index (χ1v) is 8.79. The Hall–Kier alpha value is -1.06. The highest BCUT2D eigenvalue weighted by molar-refractivity contribution is 5.81. The van der Waals surface area contributed by atoms with Gasteiger partial charge in [0.15, 0.2) is 0 Å². The highest BCUT2D eigenvalue weighted by Gasteiger charge is 2.32. The van der Waals surface area contributed by atoms with Crippen LogP contribution in [0.4, 0.5) is 0 Å². The molecule has 2 amide bonds. The second-order valence-corrected chi connectivity index (χ2v) is 6.58. The van der Waals surface area contributed by atoms with Crippen molar-refractivity contribution in [2.75, 3.05) is 19.6 Å². The summed E-state index contributed by atoms with van der Waals surface area (Å²) in [6.45, 7) is 4.72. The monoisotopic (exact) mass is 294 g/mol. The molecule has 0 unspecified atom stereocenters. The molecular weight excluding hydrogens is 264 g/mol. The Bertz CT molecular complexity index is 341. The average Bonchev–Trinajstić information content (AvgIpc) is 2.81. The summed E-state index contributed by atoms with van der Waals surface area (Å²) in [5.74, 6) is 0.838. The van der Waals surface area contributed by atoms with Crippen LogP contribution in [0.3, 0.4) is 0 Å².